The molecule has 0 saturated carbocycles. The van der Waals surface area contributed by atoms with Gasteiger partial charge in [0.2, 0.25) is 17.1 Å². The van der Waals surface area contributed by atoms with E-state index in [1.54, 1.807) is 22.7 Å². The molecule has 0 amide bonds. The van der Waals surface area contributed by atoms with Crippen molar-refractivity contribution in [3.05, 3.63) is 347 Å². The average Bonchev–Trinajstić information content (AvgIpc) is 1.60. The minimum atomic E-state index is 0.670. The van der Waals surface area contributed by atoms with Crippen molar-refractivity contribution in [2.24, 2.45) is 21.1 Å². The highest BCUT2D eigenvalue weighted by Gasteiger charge is 2.15. The Labute approximate surface area is 691 Å². The molecule has 0 saturated heterocycles. The fourth-order valence-electron chi connectivity index (χ4n) is 16.0. The summed E-state index contributed by atoms with van der Waals surface area (Å²) in [6, 6.07) is 93.5. The third-order valence-electron chi connectivity index (χ3n) is 21.9. The molecule has 24 aromatic rings. The van der Waals surface area contributed by atoms with Gasteiger partial charge in [-0.05, 0) is 231 Å². The van der Waals surface area contributed by atoms with Crippen LogP contribution in [0.15, 0.2) is 299 Å². The Bertz CT molecular complexity index is 7450. The van der Waals surface area contributed by atoms with Crippen LogP contribution >= 0.6 is 22.7 Å². The summed E-state index contributed by atoms with van der Waals surface area (Å²) in [5.74, 6) is 0.735. The van der Waals surface area contributed by atoms with Gasteiger partial charge in [0.15, 0.2) is 0 Å². The van der Waals surface area contributed by atoms with Gasteiger partial charge in [-0.25, -0.2) is 24.9 Å². The van der Waals surface area contributed by atoms with Crippen molar-refractivity contribution in [3.63, 3.8) is 0 Å². The molecule has 580 valence electrons. The maximum Gasteiger partial charge on any atom is 0.230 e. The number of nitrogens with zero attached hydrogens (tertiary/aromatic N) is 9. The second kappa shape index (κ2) is 32.6. The molecule has 0 aliphatic carbocycles. The van der Waals surface area contributed by atoms with Crippen LogP contribution in [0.25, 0.3) is 172 Å². The van der Waals surface area contributed by atoms with Crippen molar-refractivity contribution in [2.75, 3.05) is 0 Å². The van der Waals surface area contributed by atoms with Crippen molar-refractivity contribution < 1.29 is 13.3 Å². The lowest BCUT2D eigenvalue weighted by atomic mass is 10.1. The van der Waals surface area contributed by atoms with Crippen LogP contribution in [-0.4, -0.2) is 43.6 Å². The Balaban J connectivity index is 0.0000000966. The molecule has 0 bridgehead atoms. The minimum Gasteiger partial charge on any atom is -0.438 e. The highest BCUT2D eigenvalue weighted by Crippen LogP contribution is 2.38. The van der Waals surface area contributed by atoms with Gasteiger partial charge in [0, 0.05) is 169 Å². The summed E-state index contributed by atoms with van der Waals surface area (Å²) < 4.78 is 26.5. The second-order valence-corrected chi connectivity index (χ2v) is 32.7. The molecular weight excluding hydrogens is 1490 g/mol. The SMILES string of the molecule is Cc1ccc2c(c1)c1ccccc1n2C.Cc1ccc2c(c1)oc1nc(C)ccc12.Cc1ccc2c(c1)oc1nc(C)ccc12.Cc1ccc2c(c1)oc1nc(C)ncc12.Cc1ccc2c3ccccc3n(C)c2c1.Cc1ccc2sc3ncccc3c2c1.Cc1cccc2c3ccccc3n(C)c12.Cc1cccc2sc3ncccc3c12. The number of para-hydroxylation sites is 4. The summed E-state index contributed by atoms with van der Waals surface area (Å²) in [5, 5.41) is 19.9. The Morgan fingerprint density at radius 1 is 0.263 bits per heavy atom. The third-order valence-corrected chi connectivity index (χ3v) is 24.1. The van der Waals surface area contributed by atoms with Gasteiger partial charge in [-0.2, -0.15) is 4.98 Å². The highest BCUT2D eigenvalue weighted by molar-refractivity contribution is 7.25. The summed E-state index contributed by atoms with van der Waals surface area (Å²) in [6.07, 6.45) is 5.52. The van der Waals surface area contributed by atoms with Crippen molar-refractivity contribution >= 4 is 195 Å². The standard InChI is InChI=1S/3C14H13N.2C13H11NO.C12H10N2O.2C12H9NS/c1-10-6-5-8-12-11-7-3-4-9-13(11)15(2)14(10)12;1-10-7-8-14-12(9-10)11-5-3-4-6-13(11)15(14)2;1-10-7-8-12-11-5-3-4-6-13(11)15(2)14(12)9-10;2*1-8-3-5-10-11-6-4-9(2)14-13(11)15-12(10)7-8;1-7-3-4-9-10-6-13-8(2)14-12(10)15-11(9)5-7;1-8-4-2-6-10-11(8)9-5-3-7-13-12(9)14-10;1-8-4-5-11-10(7-8)9-3-2-6-13-12(9)14-11/h3*3-9H,1-2H3;2*3-7H,1-2H3;3-6H,1-2H3;2*2-7H,1H3. The lowest BCUT2D eigenvalue weighted by Crippen LogP contribution is -1.88. The van der Waals surface area contributed by atoms with Crippen LogP contribution in [0.5, 0.6) is 0 Å². The highest BCUT2D eigenvalue weighted by atomic mass is 32.1. The van der Waals surface area contributed by atoms with Gasteiger partial charge >= 0.3 is 0 Å². The number of benzene rings is 11. The van der Waals surface area contributed by atoms with Crippen molar-refractivity contribution in [3.8, 4) is 0 Å². The van der Waals surface area contributed by atoms with E-state index in [1.165, 1.54) is 141 Å². The van der Waals surface area contributed by atoms with Crippen molar-refractivity contribution in [1.29, 1.82) is 0 Å². The van der Waals surface area contributed by atoms with Gasteiger partial charge in [-0.15, -0.1) is 22.7 Å². The number of rotatable bonds is 0. The molecular formula is C104H89N9O3S2. The molecule has 0 aliphatic heterocycles. The van der Waals surface area contributed by atoms with Gasteiger partial charge in [-0.3, -0.25) is 0 Å². The summed E-state index contributed by atoms with van der Waals surface area (Å²) in [5.41, 5.74) is 24.9. The van der Waals surface area contributed by atoms with Gasteiger partial charge in [0.25, 0.3) is 0 Å². The van der Waals surface area contributed by atoms with E-state index in [0.717, 1.165) is 87.4 Å². The number of aryl methyl sites for hydroxylation is 14. The molecule has 13 aromatic heterocycles. The maximum absolute atomic E-state index is 5.70. The van der Waals surface area contributed by atoms with E-state index in [4.69, 9.17) is 13.3 Å². The van der Waals surface area contributed by atoms with Crippen LogP contribution in [0, 0.1) is 76.2 Å². The van der Waals surface area contributed by atoms with Gasteiger partial charge in [0.1, 0.15) is 32.2 Å². The monoisotopic (exact) mass is 1580 g/mol. The number of aromatic nitrogens is 9. The first-order chi connectivity index (χ1) is 57.2. The molecule has 24 rings (SSSR count). The van der Waals surface area contributed by atoms with E-state index in [1.807, 2.05) is 88.8 Å². The predicted octanol–water partition coefficient (Wildman–Crippen LogP) is 28.6. The fourth-order valence-corrected chi connectivity index (χ4v) is 18.2. The number of hydrogen-bond donors (Lipinski definition) is 0. The molecule has 0 spiro atoms. The first kappa shape index (κ1) is 76.9. The Kier molecular flexibility index (Phi) is 21.2. The van der Waals surface area contributed by atoms with Crippen LogP contribution < -0.4 is 0 Å². The molecule has 0 unspecified atom stereocenters. The molecule has 11 aromatic carbocycles. The van der Waals surface area contributed by atoms with E-state index in [0.29, 0.717) is 5.71 Å². The number of fused-ring (bicyclic) bond motifs is 24. The largest absolute Gasteiger partial charge is 0.438 e. The lowest BCUT2D eigenvalue weighted by molar-refractivity contribution is 0.650. The number of hydrogen-bond acceptors (Lipinski definition) is 11. The molecule has 13 heterocycles. The zero-order chi connectivity index (χ0) is 81.6. The zero-order valence-electron chi connectivity index (χ0n) is 68.7. The number of thiophene rings is 2. The normalized spacial score (nSPS) is 11.3. The van der Waals surface area contributed by atoms with Gasteiger partial charge < -0.3 is 27.0 Å². The number of furan rings is 3. The topological polar surface area (TPSA) is 132 Å². The summed E-state index contributed by atoms with van der Waals surface area (Å²) in [4.78, 5) is 28.2. The van der Waals surface area contributed by atoms with Crippen LogP contribution in [0.3, 0.4) is 0 Å². The predicted molar refractivity (Wildman–Crippen MR) is 500 cm³/mol. The molecule has 0 aliphatic rings. The van der Waals surface area contributed by atoms with Crippen molar-refractivity contribution in [1.82, 2.24) is 43.6 Å². The summed E-state index contributed by atoms with van der Waals surface area (Å²) in [7, 11) is 6.39. The maximum atomic E-state index is 5.70. The van der Waals surface area contributed by atoms with Crippen LogP contribution in [0.2, 0.25) is 0 Å². The van der Waals surface area contributed by atoms with Crippen LogP contribution in [0.1, 0.15) is 61.7 Å². The smallest absolute Gasteiger partial charge is 0.230 e. The molecule has 0 atom stereocenters. The Morgan fingerprint density at radius 3 is 1.27 bits per heavy atom. The van der Waals surface area contributed by atoms with Crippen LogP contribution in [0.4, 0.5) is 0 Å². The van der Waals surface area contributed by atoms with E-state index in [-0.39, 0.29) is 0 Å². The first-order valence-corrected chi connectivity index (χ1v) is 41.3. The van der Waals surface area contributed by atoms with E-state index in [2.05, 4.69) is 338 Å². The minimum absolute atomic E-state index is 0.670. The fraction of sp³-hybridized carbons (Fsp3) is 0.135. The molecule has 118 heavy (non-hydrogen) atoms. The third kappa shape index (κ3) is 15.3. The van der Waals surface area contributed by atoms with E-state index in [9.17, 15) is 0 Å². The van der Waals surface area contributed by atoms with Crippen LogP contribution in [-0.2, 0) is 21.1 Å². The Morgan fingerprint density at radius 2 is 0.669 bits per heavy atom. The average molecular weight is 1580 g/mol. The molecule has 14 heteroatoms. The van der Waals surface area contributed by atoms with E-state index < -0.39 is 0 Å². The van der Waals surface area contributed by atoms with Crippen molar-refractivity contribution in [2.45, 2.75) is 76.2 Å². The molecule has 0 fully saturated rings. The molecule has 0 radical (unpaired) electrons. The quantitative estimate of drug-likeness (QED) is 0.146. The molecule has 12 nitrogen and oxygen atoms in total. The van der Waals surface area contributed by atoms with E-state index >= 15 is 0 Å². The second-order valence-electron chi connectivity index (χ2n) is 30.7. The van der Waals surface area contributed by atoms with Gasteiger partial charge in [-0.1, -0.05) is 157 Å². The molecule has 0 N–H and O–H groups in total. The first-order valence-electron chi connectivity index (χ1n) is 39.7. The Hall–Kier alpha value is -13.7. The number of pyridine rings is 4. The van der Waals surface area contributed by atoms with Gasteiger partial charge in [0.05, 0.1) is 10.9 Å². The lowest BCUT2D eigenvalue weighted by Gasteiger charge is -2.00. The summed E-state index contributed by atoms with van der Waals surface area (Å²) in [6.45, 7) is 22.7. The zero-order valence-corrected chi connectivity index (χ0v) is 70.3. The summed E-state index contributed by atoms with van der Waals surface area (Å²) >= 11 is 3.52.